The average Bonchev–Trinajstić information content (AvgIpc) is 3.17. The van der Waals surface area contributed by atoms with E-state index in [4.69, 9.17) is 0 Å². The molecule has 3 rings (SSSR count). The fourth-order valence-corrected chi connectivity index (χ4v) is 2.71. The van der Waals surface area contributed by atoms with Crippen molar-refractivity contribution in [3.8, 4) is 11.4 Å². The van der Waals surface area contributed by atoms with Crippen molar-refractivity contribution in [2.24, 2.45) is 7.05 Å². The summed E-state index contributed by atoms with van der Waals surface area (Å²) in [5, 5.41) is 23.0. The predicted octanol–water partition coefficient (Wildman–Crippen LogP) is 1.39. The Hall–Kier alpha value is -2.55. The Bertz CT molecular complexity index is 803. The molecule has 0 aromatic carbocycles. The molecule has 3 heterocycles. The molecule has 1 N–H and O–H groups in total. The van der Waals surface area contributed by atoms with Crippen molar-refractivity contribution < 1.29 is 4.79 Å². The van der Waals surface area contributed by atoms with Gasteiger partial charge < -0.3 is 5.32 Å². The van der Waals surface area contributed by atoms with E-state index in [1.165, 1.54) is 4.80 Å². The molecular weight excluding hydrogens is 302 g/mol. The molecule has 0 spiro atoms. The van der Waals surface area contributed by atoms with Crippen molar-refractivity contribution in [3.63, 3.8) is 0 Å². The Labute approximate surface area is 130 Å². The van der Waals surface area contributed by atoms with Crippen LogP contribution in [0.4, 0.5) is 5.69 Å². The minimum atomic E-state index is -0.214. The minimum absolute atomic E-state index is 0.00487. The number of rotatable bonds is 4. The zero-order valence-corrected chi connectivity index (χ0v) is 13.3. The van der Waals surface area contributed by atoms with Crippen LogP contribution in [0.25, 0.3) is 11.4 Å². The number of amides is 1. The van der Waals surface area contributed by atoms with Crippen LogP contribution < -0.4 is 5.32 Å². The van der Waals surface area contributed by atoms with Gasteiger partial charge in [0.05, 0.1) is 17.1 Å². The first-order chi connectivity index (χ1) is 10.5. The first kappa shape index (κ1) is 14.4. The highest BCUT2D eigenvalue weighted by Crippen LogP contribution is 2.18. The minimum Gasteiger partial charge on any atom is -0.321 e. The maximum Gasteiger partial charge on any atom is 0.248 e. The number of nitrogens with one attached hydrogen (secondary N) is 1. The van der Waals surface area contributed by atoms with Gasteiger partial charge in [-0.25, -0.2) is 0 Å². The molecule has 3 aromatic rings. The Morgan fingerprint density at radius 2 is 2.18 bits per heavy atom. The summed E-state index contributed by atoms with van der Waals surface area (Å²) in [5.41, 5.74) is 3.30. The van der Waals surface area contributed by atoms with Crippen LogP contribution in [0.15, 0.2) is 16.8 Å². The number of carbonyl (C=O) groups is 1. The molecule has 0 aliphatic rings. The molecule has 22 heavy (non-hydrogen) atoms. The summed E-state index contributed by atoms with van der Waals surface area (Å²) in [5.74, 6) is 0.302. The highest BCUT2D eigenvalue weighted by Gasteiger charge is 2.14. The molecule has 1 amide bonds. The first-order valence-electron chi connectivity index (χ1n) is 6.65. The van der Waals surface area contributed by atoms with Gasteiger partial charge in [-0.05, 0) is 30.5 Å². The van der Waals surface area contributed by atoms with E-state index in [1.807, 2.05) is 37.7 Å². The third-order valence-electron chi connectivity index (χ3n) is 3.29. The van der Waals surface area contributed by atoms with Gasteiger partial charge in [0.25, 0.3) is 0 Å². The van der Waals surface area contributed by atoms with Crippen molar-refractivity contribution in [2.45, 2.75) is 20.4 Å². The van der Waals surface area contributed by atoms with Gasteiger partial charge in [-0.1, -0.05) is 0 Å². The number of hydrogen-bond acceptors (Lipinski definition) is 6. The summed E-state index contributed by atoms with van der Waals surface area (Å²) in [6.45, 7) is 3.76. The molecule has 9 heteroatoms. The second kappa shape index (κ2) is 5.68. The highest BCUT2D eigenvalue weighted by atomic mass is 32.1. The van der Waals surface area contributed by atoms with Gasteiger partial charge in [0.1, 0.15) is 6.54 Å². The molecular formula is C13H15N7OS. The first-order valence-corrected chi connectivity index (χ1v) is 7.59. The summed E-state index contributed by atoms with van der Waals surface area (Å²) in [7, 11) is 1.84. The number of aryl methyl sites for hydroxylation is 2. The van der Waals surface area contributed by atoms with Crippen molar-refractivity contribution >= 4 is 22.9 Å². The van der Waals surface area contributed by atoms with Gasteiger partial charge in [-0.15, -0.1) is 10.2 Å². The molecule has 0 fully saturated rings. The predicted molar refractivity (Wildman–Crippen MR) is 82.4 cm³/mol. The lowest BCUT2D eigenvalue weighted by Crippen LogP contribution is -2.21. The van der Waals surface area contributed by atoms with Crippen molar-refractivity contribution in [3.05, 3.63) is 28.2 Å². The smallest absolute Gasteiger partial charge is 0.248 e. The van der Waals surface area contributed by atoms with Gasteiger partial charge in [0.2, 0.25) is 11.7 Å². The van der Waals surface area contributed by atoms with Gasteiger partial charge in [0, 0.05) is 18.0 Å². The molecule has 0 radical (unpaired) electrons. The Morgan fingerprint density at radius 1 is 1.36 bits per heavy atom. The SMILES string of the molecule is Cc1nn(C)c(C)c1NC(=O)Cn1nnc(-c2ccsc2)n1. The maximum absolute atomic E-state index is 12.1. The number of anilines is 1. The van der Waals surface area contributed by atoms with E-state index in [1.54, 1.807) is 16.0 Å². The van der Waals surface area contributed by atoms with Crippen LogP contribution in [0, 0.1) is 13.8 Å². The van der Waals surface area contributed by atoms with E-state index in [2.05, 4.69) is 25.8 Å². The van der Waals surface area contributed by atoms with Gasteiger partial charge >= 0.3 is 0 Å². The summed E-state index contributed by atoms with van der Waals surface area (Å²) >= 11 is 1.56. The number of nitrogens with zero attached hydrogens (tertiary/aromatic N) is 6. The molecule has 0 aliphatic carbocycles. The molecule has 3 aromatic heterocycles. The molecule has 8 nitrogen and oxygen atoms in total. The Kier molecular flexibility index (Phi) is 3.72. The van der Waals surface area contributed by atoms with Crippen LogP contribution in [-0.4, -0.2) is 35.9 Å². The third kappa shape index (κ3) is 2.75. The molecule has 0 saturated carbocycles. The number of carbonyl (C=O) groups excluding carboxylic acids is 1. The molecule has 0 atom stereocenters. The van der Waals surface area contributed by atoms with E-state index >= 15 is 0 Å². The summed E-state index contributed by atoms with van der Waals surface area (Å²) in [4.78, 5) is 13.4. The Balaban J connectivity index is 1.70. The molecule has 114 valence electrons. The van der Waals surface area contributed by atoms with Crippen LogP contribution in [0.5, 0.6) is 0 Å². The standard InChI is InChI=1S/C13H15N7OS/c1-8-12(9(2)19(3)16-8)14-11(21)6-20-17-13(15-18-20)10-4-5-22-7-10/h4-5,7H,6H2,1-3H3,(H,14,21). The topological polar surface area (TPSA) is 90.5 Å². The maximum atomic E-state index is 12.1. The molecule has 0 saturated heterocycles. The number of thiophene rings is 1. The van der Waals surface area contributed by atoms with E-state index in [-0.39, 0.29) is 12.5 Å². The van der Waals surface area contributed by atoms with Crippen LogP contribution in [0.2, 0.25) is 0 Å². The third-order valence-corrected chi connectivity index (χ3v) is 3.97. The molecule has 0 bridgehead atoms. The van der Waals surface area contributed by atoms with Crippen molar-refractivity contribution in [2.75, 3.05) is 5.32 Å². The lowest BCUT2D eigenvalue weighted by Gasteiger charge is -2.04. The van der Waals surface area contributed by atoms with E-state index < -0.39 is 0 Å². The lowest BCUT2D eigenvalue weighted by molar-refractivity contribution is -0.117. The normalized spacial score (nSPS) is 10.9. The van der Waals surface area contributed by atoms with Gasteiger partial charge in [-0.3, -0.25) is 9.48 Å². The fourth-order valence-electron chi connectivity index (χ4n) is 2.08. The quantitative estimate of drug-likeness (QED) is 0.785. The second-order valence-corrected chi connectivity index (χ2v) is 5.65. The fraction of sp³-hybridized carbons (Fsp3) is 0.308. The largest absolute Gasteiger partial charge is 0.321 e. The summed E-state index contributed by atoms with van der Waals surface area (Å²) in [6.07, 6.45) is 0. The number of tetrazole rings is 1. The molecule has 0 aliphatic heterocycles. The van der Waals surface area contributed by atoms with Crippen LogP contribution in [0.3, 0.4) is 0 Å². The zero-order chi connectivity index (χ0) is 15.7. The van der Waals surface area contributed by atoms with E-state index in [0.717, 1.165) is 22.6 Å². The van der Waals surface area contributed by atoms with Gasteiger partial charge in [-0.2, -0.15) is 21.2 Å². The van der Waals surface area contributed by atoms with Crippen LogP contribution in [-0.2, 0) is 18.4 Å². The summed E-state index contributed by atoms with van der Waals surface area (Å²) in [6, 6.07) is 1.91. The van der Waals surface area contributed by atoms with Crippen LogP contribution >= 0.6 is 11.3 Å². The van der Waals surface area contributed by atoms with Crippen molar-refractivity contribution in [1.29, 1.82) is 0 Å². The van der Waals surface area contributed by atoms with E-state index in [9.17, 15) is 4.79 Å². The molecule has 0 unspecified atom stereocenters. The Morgan fingerprint density at radius 3 is 2.82 bits per heavy atom. The van der Waals surface area contributed by atoms with Crippen molar-refractivity contribution in [1.82, 2.24) is 30.0 Å². The second-order valence-electron chi connectivity index (χ2n) is 4.87. The average molecular weight is 317 g/mol. The van der Waals surface area contributed by atoms with Crippen LogP contribution in [0.1, 0.15) is 11.4 Å². The monoisotopic (exact) mass is 317 g/mol. The number of hydrogen-bond donors (Lipinski definition) is 1. The van der Waals surface area contributed by atoms with Gasteiger partial charge in [0.15, 0.2) is 0 Å². The summed E-state index contributed by atoms with van der Waals surface area (Å²) < 4.78 is 1.73. The highest BCUT2D eigenvalue weighted by molar-refractivity contribution is 7.08. The lowest BCUT2D eigenvalue weighted by atomic mass is 10.3. The van der Waals surface area contributed by atoms with E-state index in [0.29, 0.717) is 5.82 Å². The zero-order valence-electron chi connectivity index (χ0n) is 12.4. The number of aromatic nitrogens is 6.